The first kappa shape index (κ1) is 22.3. The average molecular weight is 441 g/mol. The van der Waals surface area contributed by atoms with Gasteiger partial charge in [-0.1, -0.05) is 32.0 Å². The van der Waals surface area contributed by atoms with E-state index in [2.05, 4.69) is 10.3 Å². The van der Waals surface area contributed by atoms with Crippen LogP contribution >= 0.6 is 0 Å². The van der Waals surface area contributed by atoms with Crippen molar-refractivity contribution in [3.8, 4) is 0 Å². The highest BCUT2D eigenvalue weighted by atomic mass is 16.5. The average Bonchev–Trinajstić information content (AvgIpc) is 3.24. The summed E-state index contributed by atoms with van der Waals surface area (Å²) in [5, 5.41) is 3.96. The maximum atomic E-state index is 13.9. The number of hydrogen-bond acceptors (Lipinski definition) is 4. The van der Waals surface area contributed by atoms with Gasteiger partial charge in [0, 0.05) is 37.7 Å². The molecule has 3 heterocycles. The highest BCUT2D eigenvalue weighted by Crippen LogP contribution is 2.44. The Balaban J connectivity index is 1.69. The number of nitrogens with zero attached hydrogens (tertiary/aromatic N) is 2. The minimum absolute atomic E-state index is 0.138. The number of aromatic amines is 1. The zero-order valence-corrected chi connectivity index (χ0v) is 19.2. The number of benzene rings is 1. The van der Waals surface area contributed by atoms with Gasteiger partial charge in [-0.15, -0.1) is 0 Å². The van der Waals surface area contributed by atoms with Crippen LogP contribution in [0.2, 0.25) is 0 Å². The Morgan fingerprint density at radius 3 is 2.75 bits per heavy atom. The van der Waals surface area contributed by atoms with Gasteiger partial charge in [-0.2, -0.15) is 0 Å². The molecule has 2 N–H and O–H groups in total. The second-order valence-electron chi connectivity index (χ2n) is 9.24. The van der Waals surface area contributed by atoms with Gasteiger partial charge in [-0.3, -0.25) is 9.59 Å². The summed E-state index contributed by atoms with van der Waals surface area (Å²) in [6.45, 7) is 7.18. The molecule has 2 aliphatic rings. The molecule has 2 aliphatic heterocycles. The summed E-state index contributed by atoms with van der Waals surface area (Å²) in [4.78, 5) is 46.7. The van der Waals surface area contributed by atoms with Crippen molar-refractivity contribution in [3.63, 3.8) is 0 Å². The number of H-pyrrole nitrogens is 1. The second-order valence-corrected chi connectivity index (χ2v) is 9.24. The van der Waals surface area contributed by atoms with E-state index in [1.54, 1.807) is 18.9 Å². The third-order valence-electron chi connectivity index (χ3n) is 6.63. The first-order valence-corrected chi connectivity index (χ1v) is 11.3. The van der Waals surface area contributed by atoms with Crippen LogP contribution in [0.4, 0.5) is 4.79 Å². The number of nitrogens with one attached hydrogen (secondary N) is 2. The van der Waals surface area contributed by atoms with Gasteiger partial charge in [-0.05, 0) is 43.7 Å². The minimum Gasteiger partial charge on any atom is -0.385 e. The van der Waals surface area contributed by atoms with E-state index in [-0.39, 0.29) is 23.8 Å². The molecule has 0 saturated carbocycles. The number of carbonyl (C=O) groups excluding carboxylic acids is 3. The number of carbonyl (C=O) groups is 3. The lowest BCUT2D eigenvalue weighted by Crippen LogP contribution is -2.51. The zero-order valence-electron chi connectivity index (χ0n) is 19.2. The molecule has 0 aliphatic carbocycles. The van der Waals surface area contributed by atoms with E-state index in [0.29, 0.717) is 39.0 Å². The number of imide groups is 1. The van der Waals surface area contributed by atoms with E-state index in [0.717, 1.165) is 22.2 Å². The van der Waals surface area contributed by atoms with E-state index in [1.165, 1.54) is 4.90 Å². The van der Waals surface area contributed by atoms with Gasteiger partial charge in [0.15, 0.2) is 5.54 Å². The lowest BCUT2D eigenvalue weighted by Gasteiger charge is -2.36. The fourth-order valence-electron chi connectivity index (χ4n) is 5.02. The Morgan fingerprint density at radius 2 is 2.03 bits per heavy atom. The van der Waals surface area contributed by atoms with E-state index in [1.807, 2.05) is 38.1 Å². The van der Waals surface area contributed by atoms with Gasteiger partial charge in [0.1, 0.15) is 6.04 Å². The molecule has 2 atom stereocenters. The molecular formula is C24H32N4O4. The second kappa shape index (κ2) is 8.58. The lowest BCUT2D eigenvalue weighted by molar-refractivity contribution is -0.140. The molecule has 2 aromatic rings. The van der Waals surface area contributed by atoms with Gasteiger partial charge in [0.25, 0.3) is 5.91 Å². The number of methoxy groups -OCH3 is 1. The summed E-state index contributed by atoms with van der Waals surface area (Å²) in [7, 11) is 1.61. The predicted molar refractivity (Wildman–Crippen MR) is 121 cm³/mol. The van der Waals surface area contributed by atoms with Gasteiger partial charge >= 0.3 is 6.03 Å². The van der Waals surface area contributed by atoms with E-state index in [9.17, 15) is 14.4 Å². The fraction of sp³-hybridized carbons (Fsp3) is 0.542. The SMILES string of the molecule is COCCCNC(=O)[C@@H](CC(C)C)N1C(=O)N2CCc3c([nH]c4ccccc34)[C@@]2(C)C1=O. The number of para-hydroxylation sites is 1. The summed E-state index contributed by atoms with van der Waals surface area (Å²) in [5.41, 5.74) is 1.64. The molecule has 0 unspecified atom stereocenters. The van der Waals surface area contributed by atoms with Crippen LogP contribution in [0.5, 0.6) is 0 Å². The Labute approximate surface area is 188 Å². The molecule has 1 aromatic heterocycles. The fourth-order valence-corrected chi connectivity index (χ4v) is 5.02. The molecule has 4 amide bonds. The normalized spacial score (nSPS) is 21.3. The summed E-state index contributed by atoms with van der Waals surface area (Å²) in [5.74, 6) is -0.496. The molecular weight excluding hydrogens is 408 g/mol. The van der Waals surface area contributed by atoms with Gasteiger partial charge in [0.05, 0.1) is 5.69 Å². The summed E-state index contributed by atoms with van der Waals surface area (Å²) < 4.78 is 5.04. The molecule has 8 nitrogen and oxygen atoms in total. The lowest BCUT2D eigenvalue weighted by atomic mass is 9.87. The number of rotatable bonds is 8. The van der Waals surface area contributed by atoms with Crippen LogP contribution in [0.15, 0.2) is 24.3 Å². The third kappa shape index (κ3) is 3.46. The van der Waals surface area contributed by atoms with Crippen molar-refractivity contribution in [1.29, 1.82) is 0 Å². The Morgan fingerprint density at radius 1 is 1.28 bits per heavy atom. The monoisotopic (exact) mass is 440 g/mol. The standard InChI is InChI=1S/C24H32N4O4/c1-15(2)14-19(21(29)25-11-7-13-32-4)28-22(30)24(3)20-17(10-12-27(24)23(28)31)16-8-5-6-9-18(16)26-20/h5-6,8-9,15,19,26H,7,10-14H2,1-4H3,(H,25,29)/t19-,24+/m1/s1. The van der Waals surface area contributed by atoms with Crippen molar-refractivity contribution in [2.75, 3.05) is 26.8 Å². The molecule has 0 radical (unpaired) electrons. The van der Waals surface area contributed by atoms with E-state index >= 15 is 0 Å². The van der Waals surface area contributed by atoms with Crippen LogP contribution in [0.3, 0.4) is 0 Å². The molecule has 8 heteroatoms. The van der Waals surface area contributed by atoms with Gasteiger partial charge < -0.3 is 19.9 Å². The quantitative estimate of drug-likeness (QED) is 0.487. The molecule has 0 spiro atoms. The highest BCUT2D eigenvalue weighted by Gasteiger charge is 2.60. The maximum absolute atomic E-state index is 13.9. The maximum Gasteiger partial charge on any atom is 0.328 e. The molecule has 1 fully saturated rings. The van der Waals surface area contributed by atoms with Crippen molar-refractivity contribution in [2.24, 2.45) is 5.92 Å². The molecule has 4 rings (SSSR count). The number of amides is 4. The number of fused-ring (bicyclic) bond motifs is 5. The van der Waals surface area contributed by atoms with Crippen LogP contribution in [0, 0.1) is 5.92 Å². The molecule has 1 aromatic carbocycles. The van der Waals surface area contributed by atoms with Crippen LogP contribution in [0.25, 0.3) is 10.9 Å². The first-order valence-electron chi connectivity index (χ1n) is 11.3. The first-order chi connectivity index (χ1) is 15.3. The third-order valence-corrected chi connectivity index (χ3v) is 6.63. The summed E-state index contributed by atoms with van der Waals surface area (Å²) in [6, 6.07) is 6.72. The Bertz CT molecular complexity index is 1050. The van der Waals surface area contributed by atoms with Crippen molar-refractivity contribution < 1.29 is 19.1 Å². The Hall–Kier alpha value is -2.87. The smallest absolute Gasteiger partial charge is 0.328 e. The Kier molecular flexibility index (Phi) is 5.99. The molecule has 0 bridgehead atoms. The summed E-state index contributed by atoms with van der Waals surface area (Å²) in [6.07, 6.45) is 1.75. The molecule has 172 valence electrons. The highest BCUT2D eigenvalue weighted by molar-refractivity contribution is 6.11. The largest absolute Gasteiger partial charge is 0.385 e. The molecule has 1 saturated heterocycles. The van der Waals surface area contributed by atoms with Crippen molar-refractivity contribution in [3.05, 3.63) is 35.5 Å². The predicted octanol–water partition coefficient (Wildman–Crippen LogP) is 2.77. The number of ether oxygens (including phenoxy) is 1. The van der Waals surface area contributed by atoms with Gasteiger partial charge in [-0.25, -0.2) is 9.69 Å². The molecule has 32 heavy (non-hydrogen) atoms. The van der Waals surface area contributed by atoms with Crippen LogP contribution in [-0.4, -0.2) is 65.5 Å². The zero-order chi connectivity index (χ0) is 23.0. The topological polar surface area (TPSA) is 94.7 Å². The number of aromatic nitrogens is 1. The number of hydrogen-bond donors (Lipinski definition) is 2. The van der Waals surface area contributed by atoms with Crippen molar-refractivity contribution in [1.82, 2.24) is 20.1 Å². The summed E-state index contributed by atoms with van der Waals surface area (Å²) >= 11 is 0. The van der Waals surface area contributed by atoms with E-state index < -0.39 is 11.6 Å². The van der Waals surface area contributed by atoms with Crippen LogP contribution in [0.1, 0.15) is 44.9 Å². The minimum atomic E-state index is -1.14. The van der Waals surface area contributed by atoms with Gasteiger partial charge in [0.2, 0.25) is 5.91 Å². The van der Waals surface area contributed by atoms with Crippen molar-refractivity contribution >= 4 is 28.7 Å². The van der Waals surface area contributed by atoms with Crippen LogP contribution < -0.4 is 5.32 Å². The van der Waals surface area contributed by atoms with Crippen LogP contribution in [-0.2, 0) is 26.3 Å². The number of urea groups is 1. The van der Waals surface area contributed by atoms with E-state index in [4.69, 9.17) is 4.74 Å². The van der Waals surface area contributed by atoms with Crippen molar-refractivity contribution in [2.45, 2.75) is 51.6 Å².